The second-order valence-corrected chi connectivity index (χ2v) is 12.9. The topological polar surface area (TPSA) is 63.1 Å². The molecular weight excluding hydrogens is 514 g/mol. The molecule has 2 aliphatic rings. The van der Waals surface area contributed by atoms with Crippen LogP contribution in [0.5, 0.6) is 0 Å². The number of rotatable bonds is 5. The number of aromatic nitrogens is 1. The summed E-state index contributed by atoms with van der Waals surface area (Å²) in [6.45, 7) is 7.05. The van der Waals surface area contributed by atoms with Gasteiger partial charge in [-0.15, -0.1) is 0 Å². The minimum atomic E-state index is -3.73. The Kier molecular flexibility index (Phi) is 5.79. The summed E-state index contributed by atoms with van der Waals surface area (Å²) in [5.74, 6) is 0.472. The molecule has 40 heavy (non-hydrogen) atoms. The van der Waals surface area contributed by atoms with Gasteiger partial charge in [0.05, 0.1) is 16.6 Å². The molecule has 0 spiro atoms. The predicted octanol–water partition coefficient (Wildman–Crippen LogP) is 8.06. The summed E-state index contributed by atoms with van der Waals surface area (Å²) in [6.07, 6.45) is 5.46. The first-order chi connectivity index (χ1) is 19.3. The molecule has 1 aromatic heterocycles. The molecule has 0 amide bonds. The Bertz CT molecular complexity index is 1940. The maximum atomic E-state index is 13.4. The van der Waals surface area contributed by atoms with Gasteiger partial charge in [0.1, 0.15) is 0 Å². The number of aryl methyl sites for hydroxylation is 3. The van der Waals surface area contributed by atoms with E-state index in [1.165, 1.54) is 27.4 Å². The molecule has 4 aromatic carbocycles. The van der Waals surface area contributed by atoms with Crippen molar-refractivity contribution < 1.29 is 8.42 Å². The van der Waals surface area contributed by atoms with Gasteiger partial charge in [-0.1, -0.05) is 54.1 Å². The van der Waals surface area contributed by atoms with Crippen LogP contribution in [0.3, 0.4) is 0 Å². The standard InChI is InChI=1S/C34H33N3O2S/c1-4-37-32-11-6-5-8-26(32)29-19-23(13-17-33(29)37)34-27-10-7-9-25(27)28-20-24(14-16-31(28)35-34)40(38,39)36-30-15-12-21(2)18-22(30)3/h5-9,11-20,25,27,34-36H,4,10H2,1-3H3. The zero-order valence-corrected chi connectivity index (χ0v) is 23.8. The lowest BCUT2D eigenvalue weighted by Gasteiger charge is -2.37. The van der Waals surface area contributed by atoms with Crippen molar-refractivity contribution in [1.82, 2.24) is 4.57 Å². The molecule has 2 N–H and O–H groups in total. The Labute approximate surface area is 235 Å². The Morgan fingerprint density at radius 1 is 0.925 bits per heavy atom. The lowest BCUT2D eigenvalue weighted by atomic mass is 9.77. The summed E-state index contributed by atoms with van der Waals surface area (Å²) in [4.78, 5) is 0.291. The first-order valence-corrected chi connectivity index (χ1v) is 15.5. The van der Waals surface area contributed by atoms with Gasteiger partial charge in [-0.2, -0.15) is 0 Å². The second-order valence-electron chi connectivity index (χ2n) is 11.2. The van der Waals surface area contributed by atoms with Gasteiger partial charge in [-0.3, -0.25) is 4.72 Å². The molecule has 0 bridgehead atoms. The SMILES string of the molecule is CCn1c2ccccc2c2cc(C3Nc4ccc(S(=O)(=O)Nc5ccc(C)cc5C)cc4C4C=CCC43)ccc21. The van der Waals surface area contributed by atoms with E-state index in [1.54, 1.807) is 6.07 Å². The number of anilines is 2. The molecule has 3 unspecified atom stereocenters. The van der Waals surface area contributed by atoms with Crippen molar-refractivity contribution in [2.24, 2.45) is 5.92 Å². The summed E-state index contributed by atoms with van der Waals surface area (Å²) < 4.78 is 32.0. The number of benzene rings is 4. The van der Waals surface area contributed by atoms with Gasteiger partial charge in [-0.05, 0) is 92.3 Å². The van der Waals surface area contributed by atoms with Crippen molar-refractivity contribution in [2.45, 2.75) is 50.6 Å². The highest BCUT2D eigenvalue weighted by Crippen LogP contribution is 2.50. The first kappa shape index (κ1) is 25.0. The Hall–Kier alpha value is -4.03. The van der Waals surface area contributed by atoms with Crippen molar-refractivity contribution in [3.05, 3.63) is 113 Å². The van der Waals surface area contributed by atoms with E-state index in [1.807, 2.05) is 44.2 Å². The predicted molar refractivity (Wildman–Crippen MR) is 165 cm³/mol. The molecule has 0 fully saturated rings. The highest BCUT2D eigenvalue weighted by Gasteiger charge is 2.38. The van der Waals surface area contributed by atoms with Gasteiger partial charge in [0.25, 0.3) is 10.0 Å². The molecular formula is C34H33N3O2S. The monoisotopic (exact) mass is 547 g/mol. The second kappa shape index (κ2) is 9.27. The third-order valence-electron chi connectivity index (χ3n) is 8.74. The van der Waals surface area contributed by atoms with Crippen LogP contribution < -0.4 is 10.0 Å². The molecule has 0 saturated carbocycles. The lowest BCUT2D eigenvalue weighted by molar-refractivity contribution is 0.425. The van der Waals surface area contributed by atoms with E-state index in [0.29, 0.717) is 16.5 Å². The highest BCUT2D eigenvalue weighted by atomic mass is 32.2. The third-order valence-corrected chi connectivity index (χ3v) is 10.1. The normalized spacial score (nSPS) is 19.9. The van der Waals surface area contributed by atoms with Gasteiger partial charge in [0.15, 0.2) is 0 Å². The van der Waals surface area contributed by atoms with Crippen LogP contribution in [0.1, 0.15) is 47.6 Å². The van der Waals surface area contributed by atoms with Gasteiger partial charge < -0.3 is 9.88 Å². The molecule has 5 nitrogen and oxygen atoms in total. The number of sulfonamides is 1. The Morgan fingerprint density at radius 2 is 1.75 bits per heavy atom. The number of hydrogen-bond acceptors (Lipinski definition) is 3. The molecule has 0 radical (unpaired) electrons. The molecule has 7 rings (SSSR count). The van der Waals surface area contributed by atoms with Crippen LogP contribution in [0.25, 0.3) is 21.8 Å². The minimum Gasteiger partial charge on any atom is -0.378 e. The molecule has 0 saturated heterocycles. The Morgan fingerprint density at radius 3 is 2.58 bits per heavy atom. The summed E-state index contributed by atoms with van der Waals surface area (Å²) in [5, 5.41) is 6.36. The van der Waals surface area contributed by atoms with Gasteiger partial charge in [0.2, 0.25) is 0 Å². The maximum absolute atomic E-state index is 13.4. The molecule has 3 atom stereocenters. The summed E-state index contributed by atoms with van der Waals surface area (Å²) >= 11 is 0. The van der Waals surface area contributed by atoms with Crippen LogP contribution >= 0.6 is 0 Å². The molecule has 1 aliphatic carbocycles. The number of nitrogens with zero attached hydrogens (tertiary/aromatic N) is 1. The molecule has 1 aliphatic heterocycles. The highest BCUT2D eigenvalue weighted by molar-refractivity contribution is 7.92. The molecule has 2 heterocycles. The third kappa shape index (κ3) is 3.93. The van der Waals surface area contributed by atoms with Crippen LogP contribution in [0.15, 0.2) is 95.9 Å². The quantitative estimate of drug-likeness (QED) is 0.219. The van der Waals surface area contributed by atoms with Crippen LogP contribution in [0.4, 0.5) is 11.4 Å². The van der Waals surface area contributed by atoms with E-state index in [9.17, 15) is 8.42 Å². The van der Waals surface area contributed by atoms with E-state index >= 15 is 0 Å². The van der Waals surface area contributed by atoms with E-state index in [4.69, 9.17) is 0 Å². The summed E-state index contributed by atoms with van der Waals surface area (Å²) in [7, 11) is -3.73. The van der Waals surface area contributed by atoms with Crippen LogP contribution in [0, 0.1) is 19.8 Å². The maximum Gasteiger partial charge on any atom is 0.261 e. The number of fused-ring (bicyclic) bond motifs is 6. The van der Waals surface area contributed by atoms with Gasteiger partial charge in [-0.25, -0.2) is 8.42 Å². The zero-order chi connectivity index (χ0) is 27.6. The molecule has 6 heteroatoms. The molecule has 202 valence electrons. The average molecular weight is 548 g/mol. The first-order valence-electron chi connectivity index (χ1n) is 14.0. The fourth-order valence-corrected chi connectivity index (χ4v) is 7.97. The fourth-order valence-electron chi connectivity index (χ4n) is 6.81. The van der Waals surface area contributed by atoms with Crippen molar-refractivity contribution in [3.63, 3.8) is 0 Å². The zero-order valence-electron chi connectivity index (χ0n) is 23.0. The number of nitrogens with one attached hydrogen (secondary N) is 2. The number of para-hydroxylation sites is 1. The van der Waals surface area contributed by atoms with Gasteiger partial charge >= 0.3 is 0 Å². The van der Waals surface area contributed by atoms with Crippen molar-refractivity contribution in [1.29, 1.82) is 0 Å². The minimum absolute atomic E-state index is 0.136. The molecule has 5 aromatic rings. The summed E-state index contributed by atoms with van der Waals surface area (Å²) in [6, 6.07) is 26.9. The van der Waals surface area contributed by atoms with Gasteiger partial charge in [0, 0.05) is 40.0 Å². The summed E-state index contributed by atoms with van der Waals surface area (Å²) in [5.41, 5.74) is 8.46. The van der Waals surface area contributed by atoms with Crippen LogP contribution in [0.2, 0.25) is 0 Å². The van der Waals surface area contributed by atoms with E-state index in [0.717, 1.165) is 35.3 Å². The van der Waals surface area contributed by atoms with E-state index < -0.39 is 10.0 Å². The van der Waals surface area contributed by atoms with Crippen molar-refractivity contribution in [3.8, 4) is 0 Å². The smallest absolute Gasteiger partial charge is 0.261 e. The number of hydrogen-bond donors (Lipinski definition) is 2. The van der Waals surface area contributed by atoms with Crippen LogP contribution in [-0.4, -0.2) is 13.0 Å². The largest absolute Gasteiger partial charge is 0.378 e. The number of allylic oxidation sites excluding steroid dienone is 2. The van der Waals surface area contributed by atoms with Crippen molar-refractivity contribution in [2.75, 3.05) is 10.0 Å². The lowest BCUT2D eigenvalue weighted by Crippen LogP contribution is -2.29. The van der Waals surface area contributed by atoms with Crippen molar-refractivity contribution >= 4 is 43.2 Å². The van der Waals surface area contributed by atoms with Crippen LogP contribution in [-0.2, 0) is 16.6 Å². The fraction of sp³-hybridized carbons (Fsp3) is 0.235. The van der Waals surface area contributed by atoms with E-state index in [2.05, 4.69) is 76.1 Å². The Balaban J connectivity index is 1.26. The average Bonchev–Trinajstić information content (AvgIpc) is 3.57. The van der Waals surface area contributed by atoms with E-state index in [-0.39, 0.29) is 12.0 Å².